The molecule has 0 aromatic heterocycles. The molecule has 1 aliphatic heterocycles. The fraction of sp³-hybridized carbons (Fsp3) is 0.857. The van der Waals surface area contributed by atoms with Crippen molar-refractivity contribution in [3.63, 3.8) is 0 Å². The maximum absolute atomic E-state index is 13.1. The summed E-state index contributed by atoms with van der Waals surface area (Å²) in [6, 6.07) is -1.19. The lowest BCUT2D eigenvalue weighted by Gasteiger charge is -2.40. The summed E-state index contributed by atoms with van der Waals surface area (Å²) >= 11 is 0. The maximum atomic E-state index is 13.1. The van der Waals surface area contributed by atoms with Crippen molar-refractivity contribution in [2.75, 3.05) is 13.2 Å². The first-order chi connectivity index (χ1) is 29.2. The Kier molecular flexibility index (Phi) is 36.6. The van der Waals surface area contributed by atoms with Gasteiger partial charge in [-0.15, -0.1) is 0 Å². The molecule has 0 radical (unpaired) electrons. The zero-order valence-corrected chi connectivity index (χ0v) is 37.9. The normalized spacial score (nSPS) is 21.9. The van der Waals surface area contributed by atoms with Gasteiger partial charge in [0.25, 0.3) is 0 Å². The minimum atomic E-state index is -1.67. The number of ether oxygens (including phenoxy) is 2. The van der Waals surface area contributed by atoms with E-state index in [0.29, 0.717) is 19.3 Å². The largest absolute Gasteiger partial charge is 0.394 e. The second-order valence-corrected chi connectivity index (χ2v) is 17.2. The highest BCUT2D eigenvalue weighted by atomic mass is 16.7. The molecular weight excluding hydrogens is 763 g/mol. The van der Waals surface area contributed by atoms with Crippen LogP contribution in [0.1, 0.15) is 200 Å². The summed E-state index contributed by atoms with van der Waals surface area (Å²) in [6.45, 7) is 3.40. The zero-order chi connectivity index (χ0) is 44.1. The van der Waals surface area contributed by atoms with Crippen LogP contribution in [0, 0.1) is 0 Å². The number of amides is 1. The third-order valence-corrected chi connectivity index (χ3v) is 11.6. The molecule has 0 aliphatic carbocycles. The predicted molar refractivity (Wildman–Crippen MR) is 242 cm³/mol. The highest BCUT2D eigenvalue weighted by molar-refractivity contribution is 5.80. The van der Waals surface area contributed by atoms with E-state index in [2.05, 4.69) is 55.6 Å². The molecule has 0 aromatic carbocycles. The second-order valence-electron chi connectivity index (χ2n) is 17.2. The molecule has 1 heterocycles. The molecule has 8 N–H and O–H groups in total. The molecule has 1 fully saturated rings. The van der Waals surface area contributed by atoms with Crippen molar-refractivity contribution in [3.05, 3.63) is 36.5 Å². The lowest BCUT2D eigenvalue weighted by molar-refractivity contribution is -0.303. The van der Waals surface area contributed by atoms with Gasteiger partial charge in [0.1, 0.15) is 36.6 Å². The van der Waals surface area contributed by atoms with Crippen molar-refractivity contribution in [2.24, 2.45) is 0 Å². The van der Waals surface area contributed by atoms with Crippen molar-refractivity contribution in [1.29, 1.82) is 0 Å². The van der Waals surface area contributed by atoms with Gasteiger partial charge in [-0.05, 0) is 77.0 Å². The zero-order valence-electron chi connectivity index (χ0n) is 37.9. The number of hydrogen-bond donors (Lipinski definition) is 8. The Morgan fingerprint density at radius 1 is 0.567 bits per heavy atom. The monoisotopic (exact) mass is 854 g/mol. The molecule has 11 heteroatoms. The van der Waals surface area contributed by atoms with Crippen molar-refractivity contribution in [3.8, 4) is 0 Å². The molecule has 11 nitrogen and oxygen atoms in total. The van der Waals surface area contributed by atoms with Crippen molar-refractivity contribution >= 4 is 5.91 Å². The minimum absolute atomic E-state index is 0.243. The van der Waals surface area contributed by atoms with Crippen LogP contribution in [0.3, 0.4) is 0 Å². The van der Waals surface area contributed by atoms with E-state index >= 15 is 0 Å². The fourth-order valence-electron chi connectivity index (χ4n) is 7.57. The van der Waals surface area contributed by atoms with Gasteiger partial charge >= 0.3 is 0 Å². The second kappa shape index (κ2) is 39.0. The summed E-state index contributed by atoms with van der Waals surface area (Å²) in [5.74, 6) is -0.717. The average molecular weight is 854 g/mol. The Labute approximate surface area is 365 Å². The Morgan fingerprint density at radius 2 is 1.00 bits per heavy atom. The minimum Gasteiger partial charge on any atom is -0.394 e. The Morgan fingerprint density at radius 3 is 1.50 bits per heavy atom. The van der Waals surface area contributed by atoms with E-state index < -0.39 is 74.2 Å². The summed E-state index contributed by atoms with van der Waals surface area (Å²) in [4.78, 5) is 13.1. The summed E-state index contributed by atoms with van der Waals surface area (Å²) in [5, 5.41) is 75.7. The van der Waals surface area contributed by atoms with Crippen LogP contribution in [0.25, 0.3) is 0 Å². The van der Waals surface area contributed by atoms with Crippen LogP contribution in [0.4, 0.5) is 0 Å². The predicted octanol–water partition coefficient (Wildman–Crippen LogP) is 8.39. The standard InChI is InChI=1S/C49H91NO10/c1-3-5-7-9-11-13-15-17-19-20-21-22-23-25-26-28-30-32-34-36-41(52)44(54)40(39-59-49-47(57)46(56)45(55)43(38-51)60-49)50-48(58)42(53)37-35-33-31-29-27-24-18-16-14-12-10-8-6-4-2/h14,16,22-23,28,30,40-47,49,51-57H,3-13,15,17-21,24-27,29,31-39H2,1-2H3,(H,50,58)/b16-14-,23-22+,30-28+. The summed E-state index contributed by atoms with van der Waals surface area (Å²) < 4.78 is 11.1. The molecule has 0 saturated carbocycles. The van der Waals surface area contributed by atoms with E-state index in [1.165, 1.54) is 89.9 Å². The van der Waals surface area contributed by atoms with E-state index in [1.807, 2.05) is 0 Å². The van der Waals surface area contributed by atoms with Crippen molar-refractivity contribution in [2.45, 2.75) is 255 Å². The molecule has 0 bridgehead atoms. The van der Waals surface area contributed by atoms with Gasteiger partial charge in [-0.3, -0.25) is 4.79 Å². The lowest BCUT2D eigenvalue weighted by atomic mass is 9.98. The quantitative estimate of drug-likeness (QED) is 0.0220. The summed E-state index contributed by atoms with van der Waals surface area (Å²) in [5.41, 5.74) is 0. The number of nitrogens with one attached hydrogen (secondary N) is 1. The molecule has 60 heavy (non-hydrogen) atoms. The highest BCUT2D eigenvalue weighted by Gasteiger charge is 2.44. The van der Waals surface area contributed by atoms with Crippen LogP contribution < -0.4 is 5.32 Å². The van der Waals surface area contributed by atoms with Crippen molar-refractivity contribution in [1.82, 2.24) is 5.32 Å². The van der Waals surface area contributed by atoms with Gasteiger partial charge in [-0.25, -0.2) is 0 Å². The van der Waals surface area contributed by atoms with Gasteiger partial charge in [-0.2, -0.15) is 0 Å². The van der Waals surface area contributed by atoms with Crippen LogP contribution in [-0.4, -0.2) is 110 Å². The molecule has 1 saturated heterocycles. The van der Waals surface area contributed by atoms with Crippen LogP contribution in [-0.2, 0) is 14.3 Å². The lowest BCUT2D eigenvalue weighted by Crippen LogP contribution is -2.60. The molecule has 9 unspecified atom stereocenters. The van der Waals surface area contributed by atoms with Gasteiger partial charge in [0.15, 0.2) is 6.29 Å². The molecule has 0 aromatic rings. The topological polar surface area (TPSA) is 189 Å². The number of hydrogen-bond acceptors (Lipinski definition) is 10. The first-order valence-electron chi connectivity index (χ1n) is 24.4. The molecule has 1 amide bonds. The first-order valence-corrected chi connectivity index (χ1v) is 24.4. The number of rotatable bonds is 40. The third-order valence-electron chi connectivity index (χ3n) is 11.6. The van der Waals surface area contributed by atoms with Crippen LogP contribution in [0.15, 0.2) is 36.5 Å². The number of aliphatic hydroxyl groups excluding tert-OH is 7. The molecule has 9 atom stereocenters. The van der Waals surface area contributed by atoms with E-state index in [1.54, 1.807) is 0 Å². The molecule has 1 rings (SSSR count). The SMILES string of the molecule is CCCCCC/C=C\CCCCCCCCC(O)C(=O)NC(COC1OC(CO)C(O)C(O)C1O)C(O)C(O)CCC/C=C/CC/C=C/CCCCCCCCCCCC. The Balaban J connectivity index is 2.47. The van der Waals surface area contributed by atoms with Gasteiger partial charge in [-0.1, -0.05) is 159 Å². The summed E-state index contributed by atoms with van der Waals surface area (Å²) in [6.07, 6.45) is 33.3. The number of aliphatic hydroxyl groups is 7. The Bertz CT molecular complexity index is 1070. The molecule has 352 valence electrons. The Hall–Kier alpha value is -1.67. The van der Waals surface area contributed by atoms with Crippen LogP contribution in [0.2, 0.25) is 0 Å². The van der Waals surface area contributed by atoms with E-state index in [9.17, 15) is 40.5 Å². The maximum Gasteiger partial charge on any atom is 0.249 e. The number of allylic oxidation sites excluding steroid dienone is 6. The smallest absolute Gasteiger partial charge is 0.249 e. The third kappa shape index (κ3) is 28.1. The van der Waals surface area contributed by atoms with E-state index in [4.69, 9.17) is 9.47 Å². The van der Waals surface area contributed by atoms with Gasteiger partial charge in [0.2, 0.25) is 5.91 Å². The van der Waals surface area contributed by atoms with Gasteiger partial charge in [0, 0.05) is 0 Å². The first kappa shape index (κ1) is 56.3. The van der Waals surface area contributed by atoms with Gasteiger partial charge < -0.3 is 50.5 Å². The molecule has 0 spiro atoms. The highest BCUT2D eigenvalue weighted by Crippen LogP contribution is 2.23. The van der Waals surface area contributed by atoms with E-state index in [0.717, 1.165) is 64.2 Å². The number of carbonyl (C=O) groups excluding carboxylic acids is 1. The number of carbonyl (C=O) groups is 1. The number of unbranched alkanes of at least 4 members (excludes halogenated alkanes) is 22. The van der Waals surface area contributed by atoms with Crippen LogP contribution >= 0.6 is 0 Å². The van der Waals surface area contributed by atoms with Crippen LogP contribution in [0.5, 0.6) is 0 Å². The molecular formula is C49H91NO10. The molecule has 1 aliphatic rings. The average Bonchev–Trinajstić information content (AvgIpc) is 3.25. The van der Waals surface area contributed by atoms with E-state index in [-0.39, 0.29) is 12.8 Å². The van der Waals surface area contributed by atoms with Gasteiger partial charge in [0.05, 0.1) is 25.4 Å². The fourth-order valence-corrected chi connectivity index (χ4v) is 7.57. The summed E-state index contributed by atoms with van der Waals surface area (Å²) in [7, 11) is 0. The van der Waals surface area contributed by atoms with Crippen molar-refractivity contribution < 1.29 is 50.0 Å².